The van der Waals surface area contributed by atoms with Crippen LogP contribution in [0.3, 0.4) is 0 Å². The lowest BCUT2D eigenvalue weighted by Crippen LogP contribution is -2.37. The molecule has 3 N–H and O–H groups in total. The van der Waals surface area contributed by atoms with Crippen molar-refractivity contribution in [2.45, 2.75) is 12.5 Å². The van der Waals surface area contributed by atoms with Gasteiger partial charge in [0.05, 0.1) is 11.7 Å². The van der Waals surface area contributed by atoms with Crippen molar-refractivity contribution in [1.29, 1.82) is 0 Å². The number of benzene rings is 2. The summed E-state index contributed by atoms with van der Waals surface area (Å²) in [5, 5.41) is 7.04. The van der Waals surface area contributed by atoms with Crippen LogP contribution in [0.4, 0.5) is 5.69 Å². The lowest BCUT2D eigenvalue weighted by Gasteiger charge is -2.13. The van der Waals surface area contributed by atoms with Gasteiger partial charge in [0, 0.05) is 18.1 Å². The molecule has 5 heteroatoms. The van der Waals surface area contributed by atoms with E-state index in [0.717, 1.165) is 11.3 Å². The Balaban J connectivity index is 1.67. The highest BCUT2D eigenvalue weighted by Crippen LogP contribution is 2.14. The summed E-state index contributed by atoms with van der Waals surface area (Å²) in [5.41, 5.74) is 8.62. The highest BCUT2D eigenvalue weighted by atomic mass is 16.2. The van der Waals surface area contributed by atoms with E-state index >= 15 is 0 Å². The second kappa shape index (κ2) is 6.89. The Labute approximate surface area is 134 Å². The fourth-order valence-corrected chi connectivity index (χ4v) is 2.34. The summed E-state index contributed by atoms with van der Waals surface area (Å²) >= 11 is 0. The first kappa shape index (κ1) is 15.0. The van der Waals surface area contributed by atoms with E-state index in [0.29, 0.717) is 12.1 Å². The topological polar surface area (TPSA) is 72.9 Å². The van der Waals surface area contributed by atoms with Gasteiger partial charge in [0.25, 0.3) is 0 Å². The van der Waals surface area contributed by atoms with E-state index in [-0.39, 0.29) is 5.91 Å². The molecule has 3 aromatic rings. The predicted molar refractivity (Wildman–Crippen MR) is 90.3 cm³/mol. The number of aromatic nitrogens is 2. The molecule has 1 heterocycles. The fraction of sp³-hybridized carbons (Fsp3) is 0.111. The molecule has 23 heavy (non-hydrogen) atoms. The monoisotopic (exact) mass is 306 g/mol. The number of nitrogens with two attached hydrogens (primary N) is 1. The second-order valence-corrected chi connectivity index (χ2v) is 5.29. The molecule has 0 spiro atoms. The zero-order valence-electron chi connectivity index (χ0n) is 12.6. The third-order valence-corrected chi connectivity index (χ3v) is 3.52. The second-order valence-electron chi connectivity index (χ2n) is 5.29. The average molecular weight is 306 g/mol. The molecular weight excluding hydrogens is 288 g/mol. The van der Waals surface area contributed by atoms with E-state index in [1.807, 2.05) is 66.9 Å². The van der Waals surface area contributed by atoms with Gasteiger partial charge in [-0.15, -0.1) is 0 Å². The van der Waals surface area contributed by atoms with Crippen molar-refractivity contribution in [3.8, 4) is 5.69 Å². The Kier molecular flexibility index (Phi) is 4.49. The summed E-state index contributed by atoms with van der Waals surface area (Å²) in [4.78, 5) is 12.3. The number of hydrogen-bond donors (Lipinski definition) is 2. The minimum Gasteiger partial charge on any atom is -0.325 e. The van der Waals surface area contributed by atoms with E-state index < -0.39 is 6.04 Å². The lowest BCUT2D eigenvalue weighted by molar-refractivity contribution is -0.117. The molecule has 1 atom stereocenters. The number of nitrogens with zero attached hydrogens (tertiary/aromatic N) is 2. The smallest absolute Gasteiger partial charge is 0.241 e. The van der Waals surface area contributed by atoms with Crippen molar-refractivity contribution in [2.24, 2.45) is 5.73 Å². The molecular formula is C18H18N4O. The van der Waals surface area contributed by atoms with E-state index in [4.69, 9.17) is 5.73 Å². The average Bonchev–Trinajstić information content (AvgIpc) is 3.10. The van der Waals surface area contributed by atoms with Gasteiger partial charge >= 0.3 is 0 Å². The first-order chi connectivity index (χ1) is 11.2. The SMILES string of the molecule is N[C@@H](Cc1ccccc1)C(=O)Nc1cccc(-n2cccn2)c1. The molecule has 0 saturated carbocycles. The van der Waals surface area contributed by atoms with Gasteiger partial charge in [0.2, 0.25) is 5.91 Å². The normalized spacial score (nSPS) is 11.9. The van der Waals surface area contributed by atoms with Crippen molar-refractivity contribution < 1.29 is 4.79 Å². The minimum absolute atomic E-state index is 0.202. The van der Waals surface area contributed by atoms with Crippen LogP contribution in [0, 0.1) is 0 Å². The molecule has 1 aromatic heterocycles. The van der Waals surface area contributed by atoms with Crippen LogP contribution in [-0.2, 0) is 11.2 Å². The third kappa shape index (κ3) is 3.84. The van der Waals surface area contributed by atoms with Crippen LogP contribution in [0.15, 0.2) is 73.1 Å². The van der Waals surface area contributed by atoms with Crippen molar-refractivity contribution >= 4 is 11.6 Å². The predicted octanol–water partition coefficient (Wildman–Crippen LogP) is 2.38. The van der Waals surface area contributed by atoms with Crippen molar-refractivity contribution in [3.63, 3.8) is 0 Å². The van der Waals surface area contributed by atoms with Crippen LogP contribution in [0.1, 0.15) is 5.56 Å². The minimum atomic E-state index is -0.592. The highest BCUT2D eigenvalue weighted by molar-refractivity contribution is 5.95. The molecule has 0 aliphatic carbocycles. The van der Waals surface area contributed by atoms with Gasteiger partial charge in [-0.25, -0.2) is 4.68 Å². The lowest BCUT2D eigenvalue weighted by atomic mass is 10.1. The van der Waals surface area contributed by atoms with E-state index in [2.05, 4.69) is 10.4 Å². The molecule has 0 saturated heterocycles. The number of amides is 1. The van der Waals surface area contributed by atoms with Crippen LogP contribution in [0.2, 0.25) is 0 Å². The van der Waals surface area contributed by atoms with Crippen molar-refractivity contribution in [2.75, 3.05) is 5.32 Å². The van der Waals surface area contributed by atoms with Crippen LogP contribution < -0.4 is 11.1 Å². The molecule has 0 bridgehead atoms. The molecule has 0 unspecified atom stereocenters. The molecule has 0 aliphatic heterocycles. The Bertz CT molecular complexity index is 769. The molecule has 116 valence electrons. The zero-order chi connectivity index (χ0) is 16.1. The molecule has 0 aliphatic rings. The number of carbonyl (C=O) groups is 1. The van der Waals surface area contributed by atoms with Crippen molar-refractivity contribution in [1.82, 2.24) is 9.78 Å². The summed E-state index contributed by atoms with van der Waals surface area (Å²) in [6.07, 6.45) is 4.06. The summed E-state index contributed by atoms with van der Waals surface area (Å²) in [5.74, 6) is -0.202. The van der Waals surface area contributed by atoms with Crippen LogP contribution in [0.25, 0.3) is 5.69 Å². The maximum atomic E-state index is 12.3. The van der Waals surface area contributed by atoms with Crippen LogP contribution >= 0.6 is 0 Å². The van der Waals surface area contributed by atoms with E-state index in [1.165, 1.54) is 0 Å². The van der Waals surface area contributed by atoms with Gasteiger partial charge in [0.1, 0.15) is 0 Å². The molecule has 5 nitrogen and oxygen atoms in total. The van der Waals surface area contributed by atoms with Gasteiger partial charge in [-0.2, -0.15) is 5.10 Å². The maximum Gasteiger partial charge on any atom is 0.241 e. The first-order valence-corrected chi connectivity index (χ1v) is 7.43. The molecule has 2 aromatic carbocycles. The standard InChI is InChI=1S/C18H18N4O/c19-17(12-14-6-2-1-3-7-14)18(23)21-15-8-4-9-16(13-15)22-11-5-10-20-22/h1-11,13,17H,12,19H2,(H,21,23)/t17-/m0/s1. The zero-order valence-corrected chi connectivity index (χ0v) is 12.6. The fourth-order valence-electron chi connectivity index (χ4n) is 2.34. The number of hydrogen-bond acceptors (Lipinski definition) is 3. The van der Waals surface area contributed by atoms with Crippen molar-refractivity contribution in [3.05, 3.63) is 78.6 Å². The largest absolute Gasteiger partial charge is 0.325 e. The number of nitrogens with one attached hydrogen (secondary N) is 1. The van der Waals surface area contributed by atoms with Gasteiger partial charge in [0.15, 0.2) is 0 Å². The van der Waals surface area contributed by atoms with Gasteiger partial charge in [-0.1, -0.05) is 36.4 Å². The molecule has 1 amide bonds. The Morgan fingerprint density at radius 1 is 1.13 bits per heavy atom. The summed E-state index contributed by atoms with van der Waals surface area (Å²) in [6.45, 7) is 0. The quantitative estimate of drug-likeness (QED) is 0.760. The van der Waals surface area contributed by atoms with E-state index in [1.54, 1.807) is 10.9 Å². The summed E-state index contributed by atoms with van der Waals surface area (Å²) in [6, 6.07) is 18.5. The molecule has 0 fully saturated rings. The first-order valence-electron chi connectivity index (χ1n) is 7.43. The molecule has 0 radical (unpaired) electrons. The Morgan fingerprint density at radius 3 is 2.70 bits per heavy atom. The van der Waals surface area contributed by atoms with Crippen LogP contribution in [-0.4, -0.2) is 21.7 Å². The van der Waals surface area contributed by atoms with Crippen LogP contribution in [0.5, 0.6) is 0 Å². The Morgan fingerprint density at radius 2 is 1.96 bits per heavy atom. The third-order valence-electron chi connectivity index (χ3n) is 3.52. The van der Waals surface area contributed by atoms with Gasteiger partial charge in [-0.3, -0.25) is 4.79 Å². The van der Waals surface area contributed by atoms with Gasteiger partial charge < -0.3 is 11.1 Å². The molecule has 3 rings (SSSR count). The number of carbonyl (C=O) groups excluding carboxylic acids is 1. The number of anilines is 1. The Hall–Kier alpha value is -2.92. The maximum absolute atomic E-state index is 12.3. The summed E-state index contributed by atoms with van der Waals surface area (Å²) in [7, 11) is 0. The van der Waals surface area contributed by atoms with Gasteiger partial charge in [-0.05, 0) is 36.2 Å². The highest BCUT2D eigenvalue weighted by Gasteiger charge is 2.14. The number of rotatable bonds is 5. The van der Waals surface area contributed by atoms with E-state index in [9.17, 15) is 4.79 Å². The summed E-state index contributed by atoms with van der Waals surface area (Å²) < 4.78 is 1.74.